The van der Waals surface area contributed by atoms with E-state index in [0.717, 1.165) is 12.8 Å². The molecule has 72 valence electrons. The molecule has 0 N–H and O–H groups in total. The van der Waals surface area contributed by atoms with Gasteiger partial charge in [-0.1, -0.05) is 18.7 Å². The van der Waals surface area contributed by atoms with Crippen LogP contribution in [0.1, 0.15) is 18.1 Å². The van der Waals surface area contributed by atoms with Gasteiger partial charge in [-0.3, -0.25) is 0 Å². The number of aryl methyl sites for hydroxylation is 1. The fraction of sp³-hybridized carbons (Fsp3) is 0.250. The summed E-state index contributed by atoms with van der Waals surface area (Å²) in [6.45, 7) is 5.20. The minimum atomic E-state index is -0.342. The van der Waals surface area contributed by atoms with Gasteiger partial charge in [-0.05, 0) is 37.0 Å². The lowest BCUT2D eigenvalue weighted by atomic mass is 9.88. The fourth-order valence-corrected chi connectivity index (χ4v) is 1.49. The van der Waals surface area contributed by atoms with Crippen LogP contribution in [0.15, 0.2) is 30.4 Å². The van der Waals surface area contributed by atoms with Crippen molar-refractivity contribution in [3.05, 3.63) is 41.5 Å². The highest BCUT2D eigenvalue weighted by Crippen LogP contribution is 2.31. The summed E-state index contributed by atoms with van der Waals surface area (Å²) in [6.07, 6.45) is 2.10. The smallest absolute Gasteiger partial charge is 0.338 e. The Balaban J connectivity index is 2.22. The zero-order chi connectivity index (χ0) is 10.1. The zero-order valence-electron chi connectivity index (χ0n) is 8.17. The summed E-state index contributed by atoms with van der Waals surface area (Å²) in [5, 5.41) is 0. The minimum absolute atomic E-state index is 0.342. The Morgan fingerprint density at radius 1 is 1.43 bits per heavy atom. The molecule has 1 aliphatic carbocycles. The number of hydrogen-bond donors (Lipinski definition) is 0. The monoisotopic (exact) mass is 188 g/mol. The van der Waals surface area contributed by atoms with E-state index < -0.39 is 0 Å². The Morgan fingerprint density at radius 2 is 2.21 bits per heavy atom. The van der Waals surface area contributed by atoms with Gasteiger partial charge in [-0.2, -0.15) is 0 Å². The molecule has 1 aromatic carbocycles. The summed E-state index contributed by atoms with van der Waals surface area (Å²) in [5.41, 5.74) is 2.89. The zero-order valence-corrected chi connectivity index (χ0v) is 8.17. The molecule has 14 heavy (non-hydrogen) atoms. The molecule has 1 aliphatic rings. The molecule has 0 radical (unpaired) electrons. The van der Waals surface area contributed by atoms with E-state index in [9.17, 15) is 4.79 Å². The molecule has 0 aromatic heterocycles. The molecule has 0 saturated heterocycles. The summed E-state index contributed by atoms with van der Waals surface area (Å²) >= 11 is 0. The summed E-state index contributed by atoms with van der Waals surface area (Å²) in [5.74, 6) is 0.354. The Bertz CT molecular complexity index is 405. The predicted octanol–water partition coefficient (Wildman–Crippen LogP) is 2.27. The van der Waals surface area contributed by atoms with Crippen molar-refractivity contribution in [3.8, 4) is 5.75 Å². The van der Waals surface area contributed by atoms with Crippen molar-refractivity contribution in [3.63, 3.8) is 0 Å². The number of carbonyl (C=O) groups is 1. The van der Waals surface area contributed by atoms with Crippen LogP contribution < -0.4 is 4.74 Å². The molecule has 0 amide bonds. The van der Waals surface area contributed by atoms with Gasteiger partial charge in [0.15, 0.2) is 0 Å². The van der Waals surface area contributed by atoms with Gasteiger partial charge in [0.2, 0.25) is 0 Å². The first-order valence-electron chi connectivity index (χ1n) is 4.67. The second kappa shape index (κ2) is 3.29. The number of carbonyl (C=O) groups excluding carboxylic acids is 1. The predicted molar refractivity (Wildman–Crippen MR) is 54.3 cm³/mol. The van der Waals surface area contributed by atoms with Gasteiger partial charge >= 0.3 is 5.97 Å². The standard InChI is InChI=1S/C12H12O2/c1-8(2)12(13)14-11-5-3-4-9-6-7-10(9)11/h3-5H,1,6-7H2,2H3. The first-order valence-corrected chi connectivity index (χ1v) is 4.67. The summed E-state index contributed by atoms with van der Waals surface area (Å²) in [7, 11) is 0. The van der Waals surface area contributed by atoms with Gasteiger partial charge in [0.25, 0.3) is 0 Å². The molecule has 0 fully saturated rings. The highest BCUT2D eigenvalue weighted by molar-refractivity contribution is 5.89. The van der Waals surface area contributed by atoms with E-state index in [1.54, 1.807) is 6.92 Å². The minimum Gasteiger partial charge on any atom is -0.423 e. The maximum Gasteiger partial charge on any atom is 0.338 e. The summed E-state index contributed by atoms with van der Waals surface area (Å²) in [4.78, 5) is 11.3. The van der Waals surface area contributed by atoms with Crippen molar-refractivity contribution in [2.75, 3.05) is 0 Å². The molecule has 2 nitrogen and oxygen atoms in total. The molecule has 2 heteroatoms. The molecule has 0 bridgehead atoms. The number of hydrogen-bond acceptors (Lipinski definition) is 2. The second-order valence-corrected chi connectivity index (χ2v) is 3.56. The molecule has 2 rings (SSSR count). The quantitative estimate of drug-likeness (QED) is 0.404. The van der Waals surface area contributed by atoms with Crippen molar-refractivity contribution in [1.82, 2.24) is 0 Å². The largest absolute Gasteiger partial charge is 0.423 e. The lowest BCUT2D eigenvalue weighted by molar-refractivity contribution is -0.130. The third-order valence-electron chi connectivity index (χ3n) is 2.43. The molecule has 0 heterocycles. The molecule has 0 atom stereocenters. The van der Waals surface area contributed by atoms with Gasteiger partial charge in [0, 0.05) is 5.57 Å². The number of ether oxygens (including phenoxy) is 1. The SMILES string of the molecule is C=C(C)C(=O)Oc1cccc2c1CC2. The topological polar surface area (TPSA) is 26.3 Å². The maximum absolute atomic E-state index is 11.3. The number of esters is 1. The van der Waals surface area contributed by atoms with Gasteiger partial charge in [-0.25, -0.2) is 4.79 Å². The fourth-order valence-electron chi connectivity index (χ4n) is 1.49. The Hall–Kier alpha value is -1.57. The maximum atomic E-state index is 11.3. The van der Waals surface area contributed by atoms with Crippen LogP contribution in [0.2, 0.25) is 0 Å². The molecule has 0 spiro atoms. The Morgan fingerprint density at radius 3 is 2.79 bits per heavy atom. The van der Waals surface area contributed by atoms with Crippen molar-refractivity contribution < 1.29 is 9.53 Å². The van der Waals surface area contributed by atoms with Crippen molar-refractivity contribution in [2.45, 2.75) is 19.8 Å². The highest BCUT2D eigenvalue weighted by Gasteiger charge is 2.19. The number of benzene rings is 1. The van der Waals surface area contributed by atoms with Crippen LogP contribution in [-0.4, -0.2) is 5.97 Å². The molecule has 1 aromatic rings. The molecule has 0 saturated carbocycles. The van der Waals surface area contributed by atoms with Crippen LogP contribution in [0, 0.1) is 0 Å². The van der Waals surface area contributed by atoms with Gasteiger partial charge < -0.3 is 4.74 Å². The van der Waals surface area contributed by atoms with E-state index in [1.165, 1.54) is 11.1 Å². The Labute approximate surface area is 83.2 Å². The lowest BCUT2D eigenvalue weighted by Crippen LogP contribution is -2.15. The Kier molecular flexibility index (Phi) is 2.12. The summed E-state index contributed by atoms with van der Waals surface area (Å²) < 4.78 is 5.20. The molecular weight excluding hydrogens is 176 g/mol. The van der Waals surface area contributed by atoms with Crippen LogP contribution in [0.4, 0.5) is 0 Å². The van der Waals surface area contributed by atoms with Crippen molar-refractivity contribution >= 4 is 5.97 Å². The van der Waals surface area contributed by atoms with E-state index in [0.29, 0.717) is 11.3 Å². The van der Waals surface area contributed by atoms with E-state index in [4.69, 9.17) is 4.74 Å². The van der Waals surface area contributed by atoms with Gasteiger partial charge in [-0.15, -0.1) is 0 Å². The van der Waals surface area contributed by atoms with E-state index >= 15 is 0 Å². The van der Waals surface area contributed by atoms with Crippen molar-refractivity contribution in [2.24, 2.45) is 0 Å². The van der Waals surface area contributed by atoms with Crippen LogP contribution in [0.25, 0.3) is 0 Å². The van der Waals surface area contributed by atoms with Crippen LogP contribution in [0.3, 0.4) is 0 Å². The summed E-state index contributed by atoms with van der Waals surface area (Å²) in [6, 6.07) is 5.81. The first kappa shape index (κ1) is 9.00. The number of rotatable bonds is 2. The first-order chi connectivity index (χ1) is 6.68. The number of fused-ring (bicyclic) bond motifs is 1. The van der Waals surface area contributed by atoms with E-state index in [2.05, 4.69) is 12.6 Å². The average molecular weight is 188 g/mol. The average Bonchev–Trinajstić information content (AvgIpc) is 2.08. The normalized spacial score (nSPS) is 12.6. The van der Waals surface area contributed by atoms with Crippen LogP contribution in [0.5, 0.6) is 5.75 Å². The second-order valence-electron chi connectivity index (χ2n) is 3.56. The molecular formula is C12H12O2. The van der Waals surface area contributed by atoms with E-state index in [-0.39, 0.29) is 5.97 Å². The van der Waals surface area contributed by atoms with Gasteiger partial charge in [0.05, 0.1) is 0 Å². The van der Waals surface area contributed by atoms with Crippen molar-refractivity contribution in [1.29, 1.82) is 0 Å². The van der Waals surface area contributed by atoms with E-state index in [1.807, 2.05) is 12.1 Å². The lowest BCUT2D eigenvalue weighted by Gasteiger charge is -2.21. The molecule has 0 unspecified atom stereocenters. The third kappa shape index (κ3) is 1.43. The van der Waals surface area contributed by atoms with Gasteiger partial charge in [0.1, 0.15) is 5.75 Å². The highest BCUT2D eigenvalue weighted by atomic mass is 16.5. The van der Waals surface area contributed by atoms with Crippen LogP contribution >= 0.6 is 0 Å². The van der Waals surface area contributed by atoms with Crippen LogP contribution in [-0.2, 0) is 17.6 Å². The third-order valence-corrected chi connectivity index (χ3v) is 2.43. The molecule has 0 aliphatic heterocycles.